The van der Waals surface area contributed by atoms with Gasteiger partial charge in [0.1, 0.15) is 17.2 Å². The molecule has 2 amide bonds. The second-order valence-corrected chi connectivity index (χ2v) is 7.60. The molecule has 0 bridgehead atoms. The number of amides is 2. The highest BCUT2D eigenvalue weighted by Gasteiger charge is 2.18. The van der Waals surface area contributed by atoms with E-state index in [1.54, 1.807) is 38.0 Å². The van der Waals surface area contributed by atoms with Crippen molar-refractivity contribution in [3.63, 3.8) is 0 Å². The van der Waals surface area contributed by atoms with E-state index in [1.807, 2.05) is 30.3 Å². The maximum absolute atomic E-state index is 12.7. The molecule has 2 aromatic carbocycles. The van der Waals surface area contributed by atoms with Crippen LogP contribution >= 0.6 is 11.3 Å². The molecule has 0 aliphatic rings. The molecule has 0 aliphatic carbocycles. The minimum atomic E-state index is -0.367. The molecule has 4 aromatic rings. The Labute approximate surface area is 176 Å². The van der Waals surface area contributed by atoms with Crippen LogP contribution in [0.25, 0.3) is 21.1 Å². The number of carbonyl (C=O) groups is 2. The van der Waals surface area contributed by atoms with Crippen LogP contribution in [0.2, 0.25) is 0 Å². The lowest BCUT2D eigenvalue weighted by Crippen LogP contribution is -2.33. The molecule has 4 rings (SSSR count). The zero-order valence-corrected chi connectivity index (χ0v) is 17.5. The Morgan fingerprint density at radius 3 is 2.67 bits per heavy atom. The summed E-state index contributed by atoms with van der Waals surface area (Å²) in [4.78, 5) is 29.3. The molecule has 0 radical (unpaired) electrons. The second kappa shape index (κ2) is 8.03. The fraction of sp³-hybridized carbons (Fsp3) is 0.190. The highest BCUT2D eigenvalue weighted by Crippen LogP contribution is 2.33. The van der Waals surface area contributed by atoms with E-state index in [-0.39, 0.29) is 18.4 Å². The van der Waals surface area contributed by atoms with Gasteiger partial charge in [0, 0.05) is 24.6 Å². The zero-order valence-electron chi connectivity index (χ0n) is 16.7. The Bertz CT molecular complexity index is 1230. The Morgan fingerprint density at radius 1 is 1.13 bits per heavy atom. The summed E-state index contributed by atoms with van der Waals surface area (Å²) in [5.74, 6) is 0.518. The van der Waals surface area contributed by atoms with Crippen molar-refractivity contribution in [2.45, 2.75) is 0 Å². The average Bonchev–Trinajstić information content (AvgIpc) is 3.31. The molecule has 0 unspecified atom stereocenters. The van der Waals surface area contributed by atoms with Gasteiger partial charge in [0.25, 0.3) is 5.91 Å². The molecule has 0 fully saturated rings. The number of ether oxygens (including phenoxy) is 2. The number of fused-ring (bicyclic) bond motifs is 2. The van der Waals surface area contributed by atoms with Crippen LogP contribution in [-0.2, 0) is 11.8 Å². The summed E-state index contributed by atoms with van der Waals surface area (Å²) in [5.41, 5.74) is 2.02. The molecule has 0 spiro atoms. The normalized spacial score (nSPS) is 10.9. The molecule has 30 heavy (non-hydrogen) atoms. The minimum Gasteiger partial charge on any atom is -0.497 e. The molecule has 0 saturated carbocycles. The molecule has 9 heteroatoms. The smallest absolute Gasteiger partial charge is 0.268 e. The van der Waals surface area contributed by atoms with E-state index in [1.165, 1.54) is 11.3 Å². The van der Waals surface area contributed by atoms with Crippen molar-refractivity contribution >= 4 is 49.4 Å². The number of thiazole rings is 1. The van der Waals surface area contributed by atoms with E-state index in [0.29, 0.717) is 22.3 Å². The molecular weight excluding hydrogens is 404 g/mol. The van der Waals surface area contributed by atoms with Gasteiger partial charge in [0.15, 0.2) is 5.13 Å². The van der Waals surface area contributed by atoms with Crippen LogP contribution in [0.5, 0.6) is 11.5 Å². The standard InChI is InChI=1S/C21H20N4O4S/c1-25-15-8-12(28-2)9-17(29-3)13(15)10-16(25)20(27)22-11-19(26)24-21-23-14-6-4-5-7-18(14)30-21/h4-10H,11H2,1-3H3,(H,22,27)(H,23,24,26). The van der Waals surface area contributed by atoms with Crippen molar-refractivity contribution in [2.75, 3.05) is 26.1 Å². The van der Waals surface area contributed by atoms with Crippen molar-refractivity contribution in [3.05, 3.63) is 48.2 Å². The summed E-state index contributed by atoms with van der Waals surface area (Å²) in [5, 5.41) is 6.66. The van der Waals surface area contributed by atoms with Gasteiger partial charge in [-0.25, -0.2) is 4.98 Å². The zero-order chi connectivity index (χ0) is 21.3. The number of aromatic nitrogens is 2. The largest absolute Gasteiger partial charge is 0.497 e. The number of anilines is 1. The number of para-hydroxylation sites is 1. The predicted octanol–water partition coefficient (Wildman–Crippen LogP) is 3.17. The van der Waals surface area contributed by atoms with Crippen LogP contribution in [0.3, 0.4) is 0 Å². The van der Waals surface area contributed by atoms with Crippen LogP contribution in [0.15, 0.2) is 42.5 Å². The first kappa shape index (κ1) is 19.7. The number of nitrogens with zero attached hydrogens (tertiary/aromatic N) is 2. The number of carbonyl (C=O) groups excluding carboxylic acids is 2. The Hall–Kier alpha value is -3.59. The van der Waals surface area contributed by atoms with E-state index < -0.39 is 0 Å². The maximum atomic E-state index is 12.7. The summed E-state index contributed by atoms with van der Waals surface area (Å²) in [6, 6.07) is 12.9. The van der Waals surface area contributed by atoms with Gasteiger partial charge in [-0.1, -0.05) is 23.5 Å². The number of rotatable bonds is 6. The number of aryl methyl sites for hydroxylation is 1. The summed E-state index contributed by atoms with van der Waals surface area (Å²) in [7, 11) is 4.91. The first-order valence-corrected chi connectivity index (χ1v) is 9.97. The first-order chi connectivity index (χ1) is 14.5. The van der Waals surface area contributed by atoms with E-state index in [2.05, 4.69) is 15.6 Å². The van der Waals surface area contributed by atoms with Crippen molar-refractivity contribution < 1.29 is 19.1 Å². The van der Waals surface area contributed by atoms with Crippen LogP contribution < -0.4 is 20.1 Å². The quantitative estimate of drug-likeness (QED) is 0.496. The number of methoxy groups -OCH3 is 2. The van der Waals surface area contributed by atoms with Gasteiger partial charge in [-0.15, -0.1) is 0 Å². The van der Waals surface area contributed by atoms with Crippen molar-refractivity contribution in [2.24, 2.45) is 7.05 Å². The lowest BCUT2D eigenvalue weighted by Gasteiger charge is -2.08. The third-order valence-electron chi connectivity index (χ3n) is 4.74. The first-order valence-electron chi connectivity index (χ1n) is 9.15. The number of benzene rings is 2. The van der Waals surface area contributed by atoms with E-state index >= 15 is 0 Å². The third-order valence-corrected chi connectivity index (χ3v) is 5.69. The monoisotopic (exact) mass is 424 g/mol. The van der Waals surface area contributed by atoms with Gasteiger partial charge in [0.05, 0.1) is 36.5 Å². The molecular formula is C21H20N4O4S. The molecule has 8 nitrogen and oxygen atoms in total. The van der Waals surface area contributed by atoms with E-state index in [9.17, 15) is 9.59 Å². The Kier molecular flexibility index (Phi) is 5.28. The van der Waals surface area contributed by atoms with Gasteiger partial charge >= 0.3 is 0 Å². The molecule has 0 atom stereocenters. The number of hydrogen-bond acceptors (Lipinski definition) is 6. The summed E-state index contributed by atoms with van der Waals surface area (Å²) < 4.78 is 13.4. The summed E-state index contributed by atoms with van der Waals surface area (Å²) in [6.07, 6.45) is 0. The van der Waals surface area contributed by atoms with Gasteiger partial charge in [-0.2, -0.15) is 0 Å². The second-order valence-electron chi connectivity index (χ2n) is 6.57. The average molecular weight is 424 g/mol. The molecule has 0 saturated heterocycles. The highest BCUT2D eigenvalue weighted by atomic mass is 32.1. The fourth-order valence-electron chi connectivity index (χ4n) is 3.22. The molecule has 2 N–H and O–H groups in total. The van der Waals surface area contributed by atoms with Crippen molar-refractivity contribution in [3.8, 4) is 11.5 Å². The third kappa shape index (κ3) is 3.67. The van der Waals surface area contributed by atoms with Crippen molar-refractivity contribution in [1.82, 2.24) is 14.9 Å². The fourth-order valence-corrected chi connectivity index (χ4v) is 4.10. The molecule has 2 heterocycles. The van der Waals surface area contributed by atoms with Crippen LogP contribution in [-0.4, -0.2) is 42.1 Å². The van der Waals surface area contributed by atoms with Crippen LogP contribution in [0.4, 0.5) is 5.13 Å². The topological polar surface area (TPSA) is 94.5 Å². The van der Waals surface area contributed by atoms with Crippen LogP contribution in [0.1, 0.15) is 10.5 Å². The molecule has 154 valence electrons. The summed E-state index contributed by atoms with van der Waals surface area (Å²) >= 11 is 1.38. The lowest BCUT2D eigenvalue weighted by atomic mass is 10.2. The summed E-state index contributed by atoms with van der Waals surface area (Å²) in [6.45, 7) is -0.170. The predicted molar refractivity (Wildman–Crippen MR) is 117 cm³/mol. The van der Waals surface area contributed by atoms with Crippen molar-refractivity contribution in [1.29, 1.82) is 0 Å². The van der Waals surface area contributed by atoms with Crippen LogP contribution in [0, 0.1) is 0 Å². The lowest BCUT2D eigenvalue weighted by molar-refractivity contribution is -0.115. The van der Waals surface area contributed by atoms with E-state index in [0.717, 1.165) is 21.1 Å². The number of nitrogens with one attached hydrogen (secondary N) is 2. The maximum Gasteiger partial charge on any atom is 0.268 e. The minimum absolute atomic E-state index is 0.170. The number of hydrogen-bond donors (Lipinski definition) is 2. The van der Waals surface area contributed by atoms with Gasteiger partial charge < -0.3 is 24.7 Å². The van der Waals surface area contributed by atoms with Gasteiger partial charge in [0.2, 0.25) is 5.91 Å². The van der Waals surface area contributed by atoms with Gasteiger partial charge in [-0.05, 0) is 18.2 Å². The highest BCUT2D eigenvalue weighted by molar-refractivity contribution is 7.22. The Balaban J connectivity index is 1.47. The molecule has 0 aliphatic heterocycles. The van der Waals surface area contributed by atoms with Gasteiger partial charge in [-0.3, -0.25) is 9.59 Å². The Morgan fingerprint density at radius 2 is 1.93 bits per heavy atom. The van der Waals surface area contributed by atoms with E-state index in [4.69, 9.17) is 9.47 Å². The SMILES string of the molecule is COc1cc(OC)c2cc(C(=O)NCC(=O)Nc3nc4ccccc4s3)n(C)c2c1. The molecule has 2 aromatic heterocycles.